The number of hydrogen-bond donors (Lipinski definition) is 1. The maximum Gasteiger partial charge on any atom is 0.225 e. The molecule has 2 rings (SSSR count). The lowest BCUT2D eigenvalue weighted by molar-refractivity contribution is 0.459. The van der Waals surface area contributed by atoms with Crippen LogP contribution in [0.15, 0.2) is 12.4 Å². The molecule has 1 N–H and O–H groups in total. The first-order valence-corrected chi connectivity index (χ1v) is 6.34. The highest BCUT2D eigenvalue weighted by Crippen LogP contribution is 2.15. The van der Waals surface area contributed by atoms with Crippen molar-refractivity contribution in [3.8, 4) is 0 Å². The summed E-state index contributed by atoms with van der Waals surface area (Å²) in [5.41, 5.74) is 0. The molecule has 1 aromatic heterocycles. The monoisotopic (exact) mass is 318 g/mol. The lowest BCUT2D eigenvalue weighted by atomic mass is 10.1. The summed E-state index contributed by atoms with van der Waals surface area (Å²) in [7, 11) is 0. The molecule has 5 heteroatoms. The number of halogens is 1. The normalized spacial score (nSPS) is 21.7. The Morgan fingerprint density at radius 1 is 1.53 bits per heavy atom. The van der Waals surface area contributed by atoms with Crippen LogP contribution in [-0.2, 0) is 0 Å². The smallest absolute Gasteiger partial charge is 0.225 e. The summed E-state index contributed by atoms with van der Waals surface area (Å²) in [6.45, 7) is 5.26. The summed E-state index contributed by atoms with van der Waals surface area (Å²) in [5.74, 6) is 0.865. The quantitative estimate of drug-likeness (QED) is 0.834. The third-order valence-electron chi connectivity index (χ3n) is 2.69. The van der Waals surface area contributed by atoms with E-state index in [-0.39, 0.29) is 0 Å². The summed E-state index contributed by atoms with van der Waals surface area (Å²) in [4.78, 5) is 11.1. The number of rotatable bonds is 2. The van der Waals surface area contributed by atoms with E-state index in [4.69, 9.17) is 0 Å². The Balaban J connectivity index is 2.16. The molecule has 1 fully saturated rings. The van der Waals surface area contributed by atoms with E-state index in [0.717, 1.165) is 35.6 Å². The molecule has 1 saturated heterocycles. The van der Waals surface area contributed by atoms with E-state index in [2.05, 4.69) is 49.7 Å². The van der Waals surface area contributed by atoms with Crippen molar-refractivity contribution in [2.45, 2.75) is 19.4 Å². The minimum absolute atomic E-state index is 0.527. The Morgan fingerprint density at radius 2 is 2.27 bits per heavy atom. The molecule has 15 heavy (non-hydrogen) atoms. The largest absolute Gasteiger partial charge is 0.335 e. The molecule has 0 aromatic carbocycles. The summed E-state index contributed by atoms with van der Waals surface area (Å²) >= 11 is 2.23. The van der Waals surface area contributed by atoms with E-state index >= 15 is 0 Å². The second-order valence-corrected chi connectivity index (χ2v) is 4.91. The van der Waals surface area contributed by atoms with Crippen LogP contribution in [0.3, 0.4) is 0 Å². The van der Waals surface area contributed by atoms with Crippen molar-refractivity contribution in [1.82, 2.24) is 15.3 Å². The van der Waals surface area contributed by atoms with Gasteiger partial charge in [0.15, 0.2) is 0 Å². The van der Waals surface area contributed by atoms with Gasteiger partial charge in [-0.25, -0.2) is 9.97 Å². The van der Waals surface area contributed by atoms with E-state index in [0.29, 0.717) is 6.04 Å². The number of hydrogen-bond acceptors (Lipinski definition) is 4. The number of nitrogens with one attached hydrogen (secondary N) is 1. The Morgan fingerprint density at radius 3 is 2.93 bits per heavy atom. The van der Waals surface area contributed by atoms with E-state index in [1.807, 2.05) is 12.4 Å². The van der Waals surface area contributed by atoms with Gasteiger partial charge < -0.3 is 10.2 Å². The van der Waals surface area contributed by atoms with Crippen LogP contribution in [0.4, 0.5) is 5.95 Å². The van der Waals surface area contributed by atoms with Crippen LogP contribution in [0.1, 0.15) is 13.3 Å². The molecule has 0 bridgehead atoms. The molecule has 82 valence electrons. The Hall–Kier alpha value is -0.430. The minimum atomic E-state index is 0.527. The lowest BCUT2D eigenvalue weighted by Gasteiger charge is -2.35. The molecule has 0 saturated carbocycles. The second kappa shape index (κ2) is 5.07. The van der Waals surface area contributed by atoms with Crippen molar-refractivity contribution < 1.29 is 0 Å². The first kappa shape index (κ1) is 11.1. The highest BCUT2D eigenvalue weighted by atomic mass is 127. The zero-order valence-corrected chi connectivity index (χ0v) is 10.9. The van der Waals surface area contributed by atoms with E-state index in [1.54, 1.807) is 0 Å². The Bertz CT molecular complexity index is 314. The molecule has 0 aliphatic carbocycles. The fourth-order valence-corrected chi connectivity index (χ4v) is 2.12. The average molecular weight is 318 g/mol. The van der Waals surface area contributed by atoms with Gasteiger partial charge in [-0.3, -0.25) is 0 Å². The molecule has 2 heterocycles. The van der Waals surface area contributed by atoms with E-state index in [9.17, 15) is 0 Å². The summed E-state index contributed by atoms with van der Waals surface area (Å²) in [5, 5.41) is 3.40. The van der Waals surface area contributed by atoms with Crippen LogP contribution < -0.4 is 10.2 Å². The van der Waals surface area contributed by atoms with Gasteiger partial charge in [0.25, 0.3) is 0 Å². The van der Waals surface area contributed by atoms with Gasteiger partial charge in [0, 0.05) is 41.6 Å². The van der Waals surface area contributed by atoms with Crippen molar-refractivity contribution in [2.24, 2.45) is 0 Å². The first-order chi connectivity index (χ1) is 7.31. The molecule has 0 radical (unpaired) electrons. The molecule has 0 spiro atoms. The standard InChI is InChI=1S/C10H15IN4/c1-2-9-7-12-3-4-15(9)10-13-5-8(11)6-14-10/h5-6,9,12H,2-4,7H2,1H3. The van der Waals surface area contributed by atoms with Crippen molar-refractivity contribution in [3.05, 3.63) is 16.0 Å². The van der Waals surface area contributed by atoms with Gasteiger partial charge in [0.05, 0.1) is 0 Å². The predicted octanol–water partition coefficient (Wildman–Crippen LogP) is 1.27. The van der Waals surface area contributed by atoms with Gasteiger partial charge in [-0.05, 0) is 29.0 Å². The lowest BCUT2D eigenvalue weighted by Crippen LogP contribution is -2.51. The molecule has 1 aromatic rings. The zero-order chi connectivity index (χ0) is 10.7. The molecular formula is C10H15IN4. The fourth-order valence-electron chi connectivity index (χ4n) is 1.84. The maximum atomic E-state index is 4.38. The molecule has 1 aliphatic heterocycles. The van der Waals surface area contributed by atoms with Crippen LogP contribution in [0.5, 0.6) is 0 Å². The van der Waals surface area contributed by atoms with Gasteiger partial charge in [-0.2, -0.15) is 0 Å². The topological polar surface area (TPSA) is 41.0 Å². The average Bonchev–Trinajstić information content (AvgIpc) is 2.30. The molecular weight excluding hydrogens is 303 g/mol. The van der Waals surface area contributed by atoms with Crippen molar-refractivity contribution in [2.75, 3.05) is 24.5 Å². The highest BCUT2D eigenvalue weighted by Gasteiger charge is 2.22. The van der Waals surface area contributed by atoms with Gasteiger partial charge in [0.1, 0.15) is 0 Å². The van der Waals surface area contributed by atoms with E-state index in [1.165, 1.54) is 0 Å². The molecule has 4 nitrogen and oxygen atoms in total. The van der Waals surface area contributed by atoms with Crippen LogP contribution in [0, 0.1) is 3.57 Å². The van der Waals surface area contributed by atoms with Crippen LogP contribution in [-0.4, -0.2) is 35.6 Å². The van der Waals surface area contributed by atoms with Crippen LogP contribution in [0.25, 0.3) is 0 Å². The Kier molecular flexibility index (Phi) is 3.74. The van der Waals surface area contributed by atoms with Crippen molar-refractivity contribution in [1.29, 1.82) is 0 Å². The van der Waals surface area contributed by atoms with E-state index < -0.39 is 0 Å². The third-order valence-corrected chi connectivity index (χ3v) is 3.24. The minimum Gasteiger partial charge on any atom is -0.335 e. The molecule has 1 aliphatic rings. The number of piperazine rings is 1. The van der Waals surface area contributed by atoms with Gasteiger partial charge in [0.2, 0.25) is 5.95 Å². The number of anilines is 1. The molecule has 1 unspecified atom stereocenters. The van der Waals surface area contributed by atoms with Crippen LogP contribution in [0.2, 0.25) is 0 Å². The van der Waals surface area contributed by atoms with Gasteiger partial charge >= 0.3 is 0 Å². The second-order valence-electron chi connectivity index (χ2n) is 3.66. The fraction of sp³-hybridized carbons (Fsp3) is 0.600. The number of aromatic nitrogens is 2. The summed E-state index contributed by atoms with van der Waals surface area (Å²) in [6, 6.07) is 0.527. The van der Waals surface area contributed by atoms with Crippen molar-refractivity contribution >= 4 is 28.5 Å². The van der Waals surface area contributed by atoms with Crippen LogP contribution >= 0.6 is 22.6 Å². The summed E-state index contributed by atoms with van der Waals surface area (Å²) < 4.78 is 1.08. The molecule has 1 atom stereocenters. The Labute approximate surface area is 104 Å². The summed E-state index contributed by atoms with van der Waals surface area (Å²) in [6.07, 6.45) is 4.87. The SMILES string of the molecule is CCC1CNCCN1c1ncc(I)cn1. The molecule has 0 amide bonds. The maximum absolute atomic E-state index is 4.38. The highest BCUT2D eigenvalue weighted by molar-refractivity contribution is 14.1. The van der Waals surface area contributed by atoms with Gasteiger partial charge in [-0.15, -0.1) is 0 Å². The number of nitrogens with zero attached hydrogens (tertiary/aromatic N) is 3. The third kappa shape index (κ3) is 2.57. The zero-order valence-electron chi connectivity index (χ0n) is 8.78. The van der Waals surface area contributed by atoms with Crippen molar-refractivity contribution in [3.63, 3.8) is 0 Å². The first-order valence-electron chi connectivity index (χ1n) is 5.26. The van der Waals surface area contributed by atoms with Gasteiger partial charge in [-0.1, -0.05) is 6.92 Å². The predicted molar refractivity (Wildman–Crippen MR) is 69.0 cm³/mol.